The van der Waals surface area contributed by atoms with Crippen molar-refractivity contribution in [3.63, 3.8) is 0 Å². The highest BCUT2D eigenvalue weighted by atomic mass is 16.3. The first-order valence-electron chi connectivity index (χ1n) is 23.5. The lowest BCUT2D eigenvalue weighted by Gasteiger charge is -2.21. The van der Waals surface area contributed by atoms with E-state index in [4.69, 9.17) is 0 Å². The molecule has 310 valence electrons. The Balaban J connectivity index is 3.62. The fourth-order valence-corrected chi connectivity index (χ4v) is 7.42. The van der Waals surface area contributed by atoms with E-state index in [1.165, 1.54) is 205 Å². The Morgan fingerprint density at radius 3 is 1.06 bits per heavy atom. The summed E-state index contributed by atoms with van der Waals surface area (Å²) in [6.45, 7) is 4.21. The van der Waals surface area contributed by atoms with Gasteiger partial charge in [0.05, 0.1) is 18.8 Å². The summed E-state index contributed by atoms with van der Waals surface area (Å²) in [6, 6.07) is -0.793. The number of carbonyl (C=O) groups is 1. The Labute approximate surface area is 325 Å². The van der Waals surface area contributed by atoms with Gasteiger partial charge < -0.3 is 20.6 Å². The van der Waals surface area contributed by atoms with Gasteiger partial charge in [0.1, 0.15) is 6.10 Å². The van der Waals surface area contributed by atoms with Gasteiger partial charge in [-0.3, -0.25) is 4.79 Å². The number of carbonyl (C=O) groups excluding carboxylic acids is 1. The first-order valence-corrected chi connectivity index (χ1v) is 23.5. The van der Waals surface area contributed by atoms with Gasteiger partial charge in [0, 0.05) is 0 Å². The molecule has 5 heteroatoms. The van der Waals surface area contributed by atoms with E-state index in [0.717, 1.165) is 32.1 Å². The predicted octanol–water partition coefficient (Wildman–Crippen LogP) is 13.6. The molecule has 0 aliphatic heterocycles. The minimum atomic E-state index is -1.09. The number of aliphatic hydroxyl groups excluding tert-OH is 3. The zero-order valence-corrected chi connectivity index (χ0v) is 35.2. The molecule has 4 N–H and O–H groups in total. The summed E-state index contributed by atoms with van der Waals surface area (Å²) >= 11 is 0. The highest BCUT2D eigenvalue weighted by Crippen LogP contribution is 2.17. The first-order chi connectivity index (χ1) is 25.6. The minimum absolute atomic E-state index is 0.359. The van der Waals surface area contributed by atoms with Crippen molar-refractivity contribution in [1.82, 2.24) is 5.32 Å². The van der Waals surface area contributed by atoms with Crippen LogP contribution in [0.1, 0.15) is 258 Å². The van der Waals surface area contributed by atoms with Gasteiger partial charge in [0.2, 0.25) is 5.91 Å². The molecule has 0 aliphatic rings. The van der Waals surface area contributed by atoms with Gasteiger partial charge in [-0.1, -0.05) is 251 Å². The molecule has 0 aromatic rings. The van der Waals surface area contributed by atoms with Crippen LogP contribution in [-0.2, 0) is 4.79 Å². The van der Waals surface area contributed by atoms with E-state index >= 15 is 0 Å². The van der Waals surface area contributed by atoms with Crippen LogP contribution < -0.4 is 5.32 Å². The van der Waals surface area contributed by atoms with Gasteiger partial charge >= 0.3 is 0 Å². The van der Waals surface area contributed by atoms with E-state index in [1.54, 1.807) is 6.08 Å². The zero-order valence-electron chi connectivity index (χ0n) is 35.2. The summed E-state index contributed by atoms with van der Waals surface area (Å²) in [6.07, 6.45) is 51.1. The standard InChI is InChI=1S/C47H93NO4/c1-3-5-7-9-11-13-15-17-19-21-23-24-26-27-29-31-33-35-37-39-41-45(50)44(43-49)48-47(52)46(51)42-40-38-36-34-32-30-28-25-22-20-18-16-14-12-10-8-6-4-2/h39,41,44-46,49-51H,3-38,40,42-43H2,1-2H3,(H,48,52)/b41-39+. The molecule has 0 rings (SSSR count). The maximum Gasteiger partial charge on any atom is 0.249 e. The van der Waals surface area contributed by atoms with E-state index in [9.17, 15) is 20.1 Å². The lowest BCUT2D eigenvalue weighted by Crippen LogP contribution is -2.48. The molecule has 1 amide bonds. The van der Waals surface area contributed by atoms with Crippen LogP contribution in [0.25, 0.3) is 0 Å². The molecule has 0 saturated carbocycles. The molecule has 0 aliphatic carbocycles. The van der Waals surface area contributed by atoms with E-state index in [-0.39, 0.29) is 6.61 Å². The molecule has 0 spiro atoms. The molecule has 0 heterocycles. The number of unbranched alkanes of at least 4 members (excludes halogenated alkanes) is 35. The molecule has 0 aromatic carbocycles. The molecular formula is C47H93NO4. The van der Waals surface area contributed by atoms with Gasteiger partial charge in [-0.05, 0) is 19.3 Å². The Hall–Kier alpha value is -0.910. The van der Waals surface area contributed by atoms with Crippen molar-refractivity contribution in [3.8, 4) is 0 Å². The molecule has 0 fully saturated rings. The summed E-state index contributed by atoms with van der Waals surface area (Å²) < 4.78 is 0. The van der Waals surface area contributed by atoms with Gasteiger partial charge in [-0.2, -0.15) is 0 Å². The maximum absolute atomic E-state index is 12.5. The molecular weight excluding hydrogens is 643 g/mol. The Bertz CT molecular complexity index is 728. The van der Waals surface area contributed by atoms with Crippen molar-refractivity contribution in [2.45, 2.75) is 276 Å². The lowest BCUT2D eigenvalue weighted by atomic mass is 10.0. The topological polar surface area (TPSA) is 89.8 Å². The van der Waals surface area contributed by atoms with E-state index in [0.29, 0.717) is 6.42 Å². The summed E-state index contributed by atoms with van der Waals surface area (Å²) in [5, 5.41) is 33.2. The van der Waals surface area contributed by atoms with Crippen LogP contribution in [0.15, 0.2) is 12.2 Å². The highest BCUT2D eigenvalue weighted by Gasteiger charge is 2.22. The summed E-state index contributed by atoms with van der Waals surface area (Å²) in [4.78, 5) is 12.5. The normalized spacial score (nSPS) is 13.6. The van der Waals surface area contributed by atoms with Crippen LogP contribution in [0.3, 0.4) is 0 Å². The quantitative estimate of drug-likeness (QED) is 0.0371. The fourth-order valence-electron chi connectivity index (χ4n) is 7.42. The van der Waals surface area contributed by atoms with Crippen LogP contribution in [0.4, 0.5) is 0 Å². The average Bonchev–Trinajstić information content (AvgIpc) is 3.15. The van der Waals surface area contributed by atoms with Crippen molar-refractivity contribution >= 4 is 5.91 Å². The van der Waals surface area contributed by atoms with Crippen LogP contribution in [0.5, 0.6) is 0 Å². The number of nitrogens with one attached hydrogen (secondary N) is 1. The third kappa shape index (κ3) is 37.4. The van der Waals surface area contributed by atoms with Crippen molar-refractivity contribution in [2.75, 3.05) is 6.61 Å². The van der Waals surface area contributed by atoms with Crippen LogP contribution in [-0.4, -0.2) is 46.1 Å². The maximum atomic E-state index is 12.5. The van der Waals surface area contributed by atoms with Crippen molar-refractivity contribution < 1.29 is 20.1 Å². The molecule has 5 nitrogen and oxygen atoms in total. The predicted molar refractivity (Wildman–Crippen MR) is 227 cm³/mol. The third-order valence-corrected chi connectivity index (χ3v) is 11.1. The monoisotopic (exact) mass is 736 g/mol. The molecule has 0 saturated heterocycles. The Kier molecular flexibility index (Phi) is 42.1. The smallest absolute Gasteiger partial charge is 0.249 e. The van der Waals surface area contributed by atoms with Gasteiger partial charge in [0.25, 0.3) is 0 Å². The zero-order chi connectivity index (χ0) is 38.0. The molecule has 3 atom stereocenters. The average molecular weight is 736 g/mol. The van der Waals surface area contributed by atoms with E-state index < -0.39 is 24.2 Å². The van der Waals surface area contributed by atoms with E-state index in [2.05, 4.69) is 19.2 Å². The summed E-state index contributed by atoms with van der Waals surface area (Å²) in [5.41, 5.74) is 0. The summed E-state index contributed by atoms with van der Waals surface area (Å²) in [7, 11) is 0. The number of rotatable bonds is 43. The third-order valence-electron chi connectivity index (χ3n) is 11.1. The second kappa shape index (κ2) is 42.8. The van der Waals surface area contributed by atoms with Gasteiger partial charge in [-0.25, -0.2) is 0 Å². The summed E-state index contributed by atoms with van der Waals surface area (Å²) in [5.74, 6) is -0.498. The van der Waals surface area contributed by atoms with Crippen molar-refractivity contribution in [2.24, 2.45) is 0 Å². The number of allylic oxidation sites excluding steroid dienone is 1. The fraction of sp³-hybridized carbons (Fsp3) is 0.936. The van der Waals surface area contributed by atoms with Gasteiger partial charge in [0.15, 0.2) is 0 Å². The number of hydrogen-bond acceptors (Lipinski definition) is 4. The van der Waals surface area contributed by atoms with Crippen LogP contribution in [0.2, 0.25) is 0 Å². The van der Waals surface area contributed by atoms with Crippen molar-refractivity contribution in [3.05, 3.63) is 12.2 Å². The number of hydrogen-bond donors (Lipinski definition) is 4. The first kappa shape index (κ1) is 51.1. The molecule has 0 bridgehead atoms. The van der Waals surface area contributed by atoms with Crippen molar-refractivity contribution in [1.29, 1.82) is 0 Å². The van der Waals surface area contributed by atoms with Crippen LogP contribution >= 0.6 is 0 Å². The molecule has 52 heavy (non-hydrogen) atoms. The highest BCUT2D eigenvalue weighted by molar-refractivity contribution is 5.80. The number of amides is 1. The molecule has 0 radical (unpaired) electrons. The lowest BCUT2D eigenvalue weighted by molar-refractivity contribution is -0.131. The second-order valence-corrected chi connectivity index (χ2v) is 16.3. The second-order valence-electron chi connectivity index (χ2n) is 16.3. The SMILES string of the molecule is CCCCCCCCCCCCCCCCCCCC/C=C/C(O)C(CO)NC(=O)C(O)CCCCCCCCCCCCCCCCCCCC. The molecule has 3 unspecified atom stereocenters. The Morgan fingerprint density at radius 2 is 0.750 bits per heavy atom. The Morgan fingerprint density at radius 1 is 0.462 bits per heavy atom. The van der Waals surface area contributed by atoms with E-state index in [1.807, 2.05) is 6.08 Å². The number of aliphatic hydroxyl groups is 3. The molecule has 0 aromatic heterocycles. The van der Waals surface area contributed by atoms with Crippen LogP contribution in [0, 0.1) is 0 Å². The largest absolute Gasteiger partial charge is 0.394 e. The van der Waals surface area contributed by atoms with Gasteiger partial charge in [-0.15, -0.1) is 0 Å². The minimum Gasteiger partial charge on any atom is -0.394 e.